The van der Waals surface area contributed by atoms with E-state index in [1.165, 1.54) is 6.07 Å². The lowest BCUT2D eigenvalue weighted by Crippen LogP contribution is -1.96. The van der Waals surface area contributed by atoms with Crippen molar-refractivity contribution in [2.75, 3.05) is 0 Å². The average Bonchev–Trinajstić information content (AvgIpc) is 2.92. The van der Waals surface area contributed by atoms with Crippen LogP contribution in [-0.2, 0) is 7.05 Å². The molecule has 0 saturated heterocycles. The molecule has 0 atom stereocenters. The second kappa shape index (κ2) is 3.69. The third kappa shape index (κ3) is 1.46. The molecular weight excluding hydrogens is 234 g/mol. The fraction of sp³-hybridized carbons (Fsp3) is 0.0833. The summed E-state index contributed by atoms with van der Waals surface area (Å²) < 4.78 is 7.30. The standard InChI is InChI=1S/C12H9N3O3/c1-15-6-13-5-8(15)11-14-10-7(12(16)17)3-2-4-9(10)18-11/h2-6H,1H3,(H,16,17). The minimum atomic E-state index is -1.02. The van der Waals surface area contributed by atoms with Crippen molar-refractivity contribution in [1.82, 2.24) is 14.5 Å². The van der Waals surface area contributed by atoms with Gasteiger partial charge in [-0.05, 0) is 12.1 Å². The number of aromatic carboxylic acids is 1. The number of rotatable bonds is 2. The van der Waals surface area contributed by atoms with Crippen LogP contribution in [0.3, 0.4) is 0 Å². The number of hydrogen-bond donors (Lipinski definition) is 1. The Morgan fingerprint density at radius 2 is 2.28 bits per heavy atom. The van der Waals surface area contributed by atoms with Gasteiger partial charge in [0.1, 0.15) is 11.2 Å². The van der Waals surface area contributed by atoms with Gasteiger partial charge in [-0.3, -0.25) is 0 Å². The highest BCUT2D eigenvalue weighted by Crippen LogP contribution is 2.25. The van der Waals surface area contributed by atoms with E-state index < -0.39 is 5.97 Å². The quantitative estimate of drug-likeness (QED) is 0.743. The van der Waals surface area contributed by atoms with Gasteiger partial charge < -0.3 is 14.1 Å². The number of aryl methyl sites for hydroxylation is 1. The van der Waals surface area contributed by atoms with Crippen molar-refractivity contribution in [2.45, 2.75) is 0 Å². The van der Waals surface area contributed by atoms with Crippen molar-refractivity contribution in [1.29, 1.82) is 0 Å². The second-order valence-electron chi connectivity index (χ2n) is 3.87. The molecule has 6 heteroatoms. The van der Waals surface area contributed by atoms with E-state index in [1.807, 2.05) is 7.05 Å². The van der Waals surface area contributed by atoms with E-state index in [4.69, 9.17) is 9.52 Å². The van der Waals surface area contributed by atoms with E-state index in [0.717, 1.165) is 0 Å². The zero-order valence-electron chi connectivity index (χ0n) is 9.49. The predicted octanol–water partition coefficient (Wildman–Crippen LogP) is 1.93. The molecule has 6 nitrogen and oxygen atoms in total. The molecule has 0 amide bonds. The van der Waals surface area contributed by atoms with Crippen molar-refractivity contribution >= 4 is 17.1 Å². The van der Waals surface area contributed by atoms with Crippen molar-refractivity contribution in [3.8, 4) is 11.6 Å². The lowest BCUT2D eigenvalue weighted by Gasteiger charge is -1.93. The monoisotopic (exact) mass is 243 g/mol. The number of nitrogens with zero attached hydrogens (tertiary/aromatic N) is 3. The molecule has 0 radical (unpaired) electrons. The fourth-order valence-electron chi connectivity index (χ4n) is 1.79. The Labute approximate surface area is 102 Å². The van der Waals surface area contributed by atoms with Gasteiger partial charge in [-0.15, -0.1) is 0 Å². The number of aromatic nitrogens is 3. The maximum atomic E-state index is 11.1. The molecule has 0 saturated carbocycles. The maximum absolute atomic E-state index is 11.1. The van der Waals surface area contributed by atoms with Gasteiger partial charge in [-0.2, -0.15) is 0 Å². The summed E-state index contributed by atoms with van der Waals surface area (Å²) in [4.78, 5) is 19.3. The van der Waals surface area contributed by atoms with Crippen LogP contribution in [0.1, 0.15) is 10.4 Å². The molecule has 2 aromatic heterocycles. The average molecular weight is 243 g/mol. The fourth-order valence-corrected chi connectivity index (χ4v) is 1.79. The number of benzene rings is 1. The van der Waals surface area contributed by atoms with E-state index in [0.29, 0.717) is 22.7 Å². The zero-order valence-corrected chi connectivity index (χ0v) is 9.49. The minimum Gasteiger partial charge on any atom is -0.478 e. The van der Waals surface area contributed by atoms with Crippen LogP contribution in [0.25, 0.3) is 22.7 Å². The summed E-state index contributed by atoms with van der Waals surface area (Å²) in [5.41, 5.74) is 1.62. The summed E-state index contributed by atoms with van der Waals surface area (Å²) in [7, 11) is 1.81. The first-order valence-corrected chi connectivity index (χ1v) is 5.26. The topological polar surface area (TPSA) is 81.2 Å². The highest BCUT2D eigenvalue weighted by molar-refractivity contribution is 6.00. The first-order valence-electron chi connectivity index (χ1n) is 5.26. The van der Waals surface area contributed by atoms with Gasteiger partial charge in [0.2, 0.25) is 5.89 Å². The minimum absolute atomic E-state index is 0.129. The molecule has 0 bridgehead atoms. The molecule has 3 rings (SSSR count). The first kappa shape index (κ1) is 10.5. The van der Waals surface area contributed by atoms with Crippen molar-refractivity contribution in [2.24, 2.45) is 7.05 Å². The Bertz CT molecular complexity index is 742. The largest absolute Gasteiger partial charge is 0.478 e. The SMILES string of the molecule is Cn1cncc1-c1nc2c(C(=O)O)cccc2o1. The summed E-state index contributed by atoms with van der Waals surface area (Å²) in [5, 5.41) is 9.08. The Morgan fingerprint density at radius 1 is 1.44 bits per heavy atom. The molecule has 0 spiro atoms. The number of hydrogen-bond acceptors (Lipinski definition) is 4. The number of para-hydroxylation sites is 1. The number of fused-ring (bicyclic) bond motifs is 1. The number of carboxylic acids is 1. The van der Waals surface area contributed by atoms with Gasteiger partial charge in [-0.25, -0.2) is 14.8 Å². The molecule has 0 fully saturated rings. The maximum Gasteiger partial charge on any atom is 0.338 e. The van der Waals surface area contributed by atoms with E-state index in [2.05, 4.69) is 9.97 Å². The predicted molar refractivity (Wildman–Crippen MR) is 63.2 cm³/mol. The van der Waals surface area contributed by atoms with Gasteiger partial charge in [-0.1, -0.05) is 6.07 Å². The van der Waals surface area contributed by atoms with Gasteiger partial charge in [0.25, 0.3) is 0 Å². The number of carbonyl (C=O) groups is 1. The Hall–Kier alpha value is -2.63. The molecule has 3 aromatic rings. The van der Waals surface area contributed by atoms with Gasteiger partial charge in [0.15, 0.2) is 5.58 Å². The molecule has 0 aliphatic heterocycles. The summed E-state index contributed by atoms with van der Waals surface area (Å²) in [6, 6.07) is 4.82. The molecule has 2 heterocycles. The molecule has 1 aromatic carbocycles. The van der Waals surface area contributed by atoms with Crippen LogP contribution < -0.4 is 0 Å². The van der Waals surface area contributed by atoms with Crippen LogP contribution in [0.15, 0.2) is 35.1 Å². The summed E-state index contributed by atoms with van der Waals surface area (Å²) in [6.45, 7) is 0. The molecule has 0 unspecified atom stereocenters. The molecule has 0 aliphatic carbocycles. The van der Waals surface area contributed by atoms with E-state index >= 15 is 0 Å². The lowest BCUT2D eigenvalue weighted by atomic mass is 10.2. The number of carboxylic acid groups (broad SMARTS) is 1. The zero-order chi connectivity index (χ0) is 12.7. The number of oxazole rings is 1. The van der Waals surface area contributed by atoms with Crippen LogP contribution in [0.4, 0.5) is 0 Å². The van der Waals surface area contributed by atoms with E-state index in [1.54, 1.807) is 29.2 Å². The Balaban J connectivity index is 2.26. The first-order chi connectivity index (χ1) is 8.66. The third-order valence-electron chi connectivity index (χ3n) is 2.69. The van der Waals surface area contributed by atoms with Crippen LogP contribution >= 0.6 is 0 Å². The van der Waals surface area contributed by atoms with E-state index in [9.17, 15) is 4.79 Å². The van der Waals surface area contributed by atoms with Gasteiger partial charge >= 0.3 is 5.97 Å². The van der Waals surface area contributed by atoms with Crippen LogP contribution in [0, 0.1) is 0 Å². The van der Waals surface area contributed by atoms with Crippen molar-refractivity contribution in [3.05, 3.63) is 36.3 Å². The van der Waals surface area contributed by atoms with Crippen LogP contribution in [0.5, 0.6) is 0 Å². The van der Waals surface area contributed by atoms with Gasteiger partial charge in [0.05, 0.1) is 18.1 Å². The highest BCUT2D eigenvalue weighted by Gasteiger charge is 2.16. The Morgan fingerprint density at radius 3 is 2.94 bits per heavy atom. The molecule has 90 valence electrons. The van der Waals surface area contributed by atoms with Crippen molar-refractivity contribution in [3.63, 3.8) is 0 Å². The van der Waals surface area contributed by atoms with Crippen molar-refractivity contribution < 1.29 is 14.3 Å². The van der Waals surface area contributed by atoms with Crippen LogP contribution in [-0.4, -0.2) is 25.6 Å². The smallest absolute Gasteiger partial charge is 0.338 e. The van der Waals surface area contributed by atoms with Gasteiger partial charge in [0, 0.05) is 7.05 Å². The molecule has 1 N–H and O–H groups in total. The summed E-state index contributed by atoms with van der Waals surface area (Å²) >= 11 is 0. The third-order valence-corrected chi connectivity index (χ3v) is 2.69. The second-order valence-corrected chi connectivity index (χ2v) is 3.87. The summed E-state index contributed by atoms with van der Waals surface area (Å²) in [6.07, 6.45) is 3.24. The van der Waals surface area contributed by atoms with Crippen LogP contribution in [0.2, 0.25) is 0 Å². The molecule has 0 aliphatic rings. The highest BCUT2D eigenvalue weighted by atomic mass is 16.4. The van der Waals surface area contributed by atoms with E-state index in [-0.39, 0.29) is 5.56 Å². The Kier molecular flexibility index (Phi) is 2.16. The summed E-state index contributed by atoms with van der Waals surface area (Å²) in [5.74, 6) is -0.663. The lowest BCUT2D eigenvalue weighted by molar-refractivity contribution is 0.0699. The number of imidazole rings is 1. The normalized spacial score (nSPS) is 10.9. The molecule has 18 heavy (non-hydrogen) atoms. The molecular formula is C12H9N3O3.